The molecule has 0 spiro atoms. The molecule has 5 aromatic rings. The van der Waals surface area contributed by atoms with Crippen LogP contribution >= 0.6 is 0 Å². The van der Waals surface area contributed by atoms with Crippen molar-refractivity contribution in [1.82, 2.24) is 0 Å². The van der Waals surface area contributed by atoms with Gasteiger partial charge in [0.25, 0.3) is 0 Å². The van der Waals surface area contributed by atoms with Gasteiger partial charge in [-0.2, -0.15) is 0 Å². The molecule has 0 amide bonds. The van der Waals surface area contributed by atoms with Gasteiger partial charge >= 0.3 is 0 Å². The van der Waals surface area contributed by atoms with Crippen LogP contribution in [0.2, 0.25) is 0 Å². The monoisotopic (exact) mass is 976 g/mol. The number of hydrogen-bond acceptors (Lipinski definition) is 0. The Labute approximate surface area is 349 Å². The zero-order valence-electron chi connectivity index (χ0n) is 31.4. The lowest BCUT2D eigenvalue weighted by Gasteiger charge is -2.40. The number of benzene rings is 5. The molecular weight excluding hydrogens is 966 g/mol. The maximum Gasteiger partial charge on any atom is 0.227 e. The lowest BCUT2D eigenvalue weighted by atomic mass is 9.20. The average molecular weight is 976 g/mol. The van der Waals surface area contributed by atoms with Crippen molar-refractivity contribution in [3.63, 3.8) is 0 Å². The molecule has 0 radical (unpaired) electrons. The predicted molar refractivity (Wildman–Crippen MR) is 174 cm³/mol. The molecule has 0 fully saturated rings. The molecule has 26 heteroatoms. The highest BCUT2D eigenvalue weighted by molar-refractivity contribution is 6.87. The van der Waals surface area contributed by atoms with Gasteiger partial charge in [0.2, 0.25) is 30.0 Å². The Hall–Kier alpha value is -6.11. The van der Waals surface area contributed by atoms with Crippen LogP contribution in [-0.4, -0.2) is 6.71 Å². The second kappa shape index (κ2) is 15.5. The Kier molecular flexibility index (Phi) is 11.2. The van der Waals surface area contributed by atoms with Crippen LogP contribution in [0.3, 0.4) is 0 Å². The minimum absolute atomic E-state index is 0.509. The fourth-order valence-electron chi connectivity index (χ4n) is 9.46. The molecule has 0 aliphatic carbocycles. The van der Waals surface area contributed by atoms with Crippen LogP contribution < -0.4 is 5.46 Å². The number of halogens is 25. The van der Waals surface area contributed by atoms with E-state index in [0.717, 1.165) is 0 Å². The van der Waals surface area contributed by atoms with Crippen LogP contribution in [0.15, 0.2) is 11.1 Å². The van der Waals surface area contributed by atoms with Gasteiger partial charge in [-0.25, -0.2) is 110 Å². The fourth-order valence-corrected chi connectivity index (χ4v) is 9.46. The van der Waals surface area contributed by atoms with E-state index in [1.54, 1.807) is 0 Å². The first kappa shape index (κ1) is 47.8. The Morgan fingerprint density at radius 1 is 0.258 bits per heavy atom. The summed E-state index contributed by atoms with van der Waals surface area (Å²) < 4.78 is 396. The third-order valence-electron chi connectivity index (χ3n) is 11.6. The fraction of sp³-hybridized carbons (Fsp3) is 0.150. The molecule has 2 unspecified atom stereocenters. The van der Waals surface area contributed by atoms with Gasteiger partial charge in [-0.1, -0.05) is 25.0 Å². The minimum Gasteiger partial charge on any atom is -0.204 e. The van der Waals surface area contributed by atoms with E-state index in [-0.39, 0.29) is 0 Å². The molecule has 0 N–H and O–H groups in total. The topological polar surface area (TPSA) is 0 Å². The van der Waals surface area contributed by atoms with E-state index < -0.39 is 226 Å². The van der Waals surface area contributed by atoms with E-state index in [1.807, 2.05) is 0 Å². The highest BCUT2D eigenvalue weighted by Crippen LogP contribution is 2.74. The number of rotatable bonds is 7. The van der Waals surface area contributed by atoms with E-state index in [4.69, 9.17) is 0 Å². The highest BCUT2D eigenvalue weighted by atomic mass is 19.2. The van der Waals surface area contributed by atoms with Crippen molar-refractivity contribution in [2.45, 2.75) is 37.3 Å². The quantitative estimate of drug-likeness (QED) is 0.0501. The van der Waals surface area contributed by atoms with Crippen LogP contribution in [0.1, 0.15) is 48.9 Å². The van der Waals surface area contributed by atoms with Crippen LogP contribution in [0.4, 0.5) is 110 Å². The zero-order valence-corrected chi connectivity index (χ0v) is 31.4. The van der Waals surface area contributed by atoms with Gasteiger partial charge in [0.05, 0.1) is 11.1 Å². The number of fused-ring (bicyclic) bond motifs is 2. The first-order chi connectivity index (χ1) is 30.6. The summed E-state index contributed by atoms with van der Waals surface area (Å²) in [6.07, 6.45) is -3.20. The average Bonchev–Trinajstić information content (AvgIpc) is 3.67. The molecule has 2 aliphatic rings. The Morgan fingerprint density at radius 2 is 0.439 bits per heavy atom. The minimum atomic E-state index is -5.11. The molecule has 5 aromatic carbocycles. The molecule has 0 nitrogen and oxygen atoms in total. The van der Waals surface area contributed by atoms with Gasteiger partial charge in [0.15, 0.2) is 122 Å². The molecule has 348 valence electrons. The maximum atomic E-state index is 16.8. The second-order valence-electron chi connectivity index (χ2n) is 14.2. The van der Waals surface area contributed by atoms with Crippen molar-refractivity contribution < 1.29 is 110 Å². The SMILES string of the molecule is CCC1=C(CC)C2(c3c(F)c(F)c(F)c(F)c3F)B(c3c(F)c(F)c(F)c(F)c3F)C1(c1c(F)c(F)c(F)c(F)c1F)C(c1c(F)c(F)c(F)c(F)c1F)=C2c1c(F)c(F)c(F)c(F)c1F. The zero-order chi connectivity index (χ0) is 49.6. The molecule has 0 saturated carbocycles. The van der Waals surface area contributed by atoms with E-state index in [9.17, 15) is 22.0 Å². The van der Waals surface area contributed by atoms with E-state index >= 15 is 87.8 Å². The number of hydrogen-bond donors (Lipinski definition) is 0. The van der Waals surface area contributed by atoms with Crippen molar-refractivity contribution in [2.75, 3.05) is 0 Å². The summed E-state index contributed by atoms with van der Waals surface area (Å²) >= 11 is 0. The molecular formula is C40H10BF25. The first-order valence-corrected chi connectivity index (χ1v) is 17.7. The molecule has 0 aromatic heterocycles. The molecule has 2 bridgehead atoms. The second-order valence-corrected chi connectivity index (χ2v) is 14.2. The van der Waals surface area contributed by atoms with Gasteiger partial charge in [-0.3, -0.25) is 0 Å². The summed E-state index contributed by atoms with van der Waals surface area (Å²) in [7, 11) is 0. The molecule has 7 rings (SSSR count). The Balaban J connectivity index is 2.10. The van der Waals surface area contributed by atoms with Crippen LogP contribution in [0.25, 0.3) is 11.1 Å². The van der Waals surface area contributed by atoms with Gasteiger partial charge in [0, 0.05) is 21.8 Å². The van der Waals surface area contributed by atoms with Crippen molar-refractivity contribution >= 4 is 23.3 Å². The summed E-state index contributed by atoms with van der Waals surface area (Å²) in [6, 6.07) is 0. The smallest absolute Gasteiger partial charge is 0.204 e. The standard InChI is InChI=1S/C40H10BF25/c1-3-5-6(4-2)40(12-20(48)30(58)37(65)31(59)21(12)49)10(8-16(44)26(54)35(63)27(55)17(8)45)9(7-14(42)24(52)34(62)25(53)15(7)43)39(5,11-18(46)28(56)36(64)29(57)19(11)47)41(40)13-22(50)32(60)38(66)33(61)23(13)51/h3-4H2,1-2H3. The van der Waals surface area contributed by atoms with E-state index in [1.165, 1.54) is 0 Å². The van der Waals surface area contributed by atoms with Gasteiger partial charge < -0.3 is 0 Å². The van der Waals surface area contributed by atoms with Crippen molar-refractivity contribution in [3.8, 4) is 0 Å². The van der Waals surface area contributed by atoms with Crippen molar-refractivity contribution in [1.29, 1.82) is 0 Å². The lowest BCUT2D eigenvalue weighted by molar-refractivity contribution is 0.365. The number of allylic oxidation sites excluding steroid dienone is 4. The third-order valence-corrected chi connectivity index (χ3v) is 11.6. The summed E-state index contributed by atoms with van der Waals surface area (Å²) in [5.41, 5.74) is -25.3. The highest BCUT2D eigenvalue weighted by Gasteiger charge is 2.78. The van der Waals surface area contributed by atoms with Crippen LogP contribution in [0.5, 0.6) is 0 Å². The molecule has 2 atom stereocenters. The summed E-state index contributed by atoms with van der Waals surface area (Å²) in [6.45, 7) is -3.54. The van der Waals surface area contributed by atoms with E-state index in [2.05, 4.69) is 0 Å². The summed E-state index contributed by atoms with van der Waals surface area (Å²) in [5.74, 6) is -85.9. The van der Waals surface area contributed by atoms with Gasteiger partial charge in [-0.15, -0.1) is 0 Å². The summed E-state index contributed by atoms with van der Waals surface area (Å²) in [4.78, 5) is 0. The predicted octanol–water partition coefficient (Wildman–Crippen LogP) is 12.6. The Bertz CT molecular complexity index is 2820. The Morgan fingerprint density at radius 3 is 0.652 bits per heavy atom. The van der Waals surface area contributed by atoms with Gasteiger partial charge in [-0.05, 0) is 29.5 Å². The normalized spacial score (nSPS) is 18.3. The van der Waals surface area contributed by atoms with E-state index in [0.29, 0.717) is 13.8 Å². The van der Waals surface area contributed by atoms with Crippen molar-refractivity contribution in [2.24, 2.45) is 0 Å². The molecule has 2 aliphatic heterocycles. The maximum absolute atomic E-state index is 16.8. The third kappa shape index (κ3) is 5.42. The van der Waals surface area contributed by atoms with Crippen molar-refractivity contribution in [3.05, 3.63) is 179 Å². The lowest BCUT2D eigenvalue weighted by Crippen LogP contribution is -2.60. The van der Waals surface area contributed by atoms with Crippen LogP contribution in [-0.2, 0) is 10.6 Å². The molecule has 2 heterocycles. The van der Waals surface area contributed by atoms with Gasteiger partial charge in [0.1, 0.15) is 0 Å². The molecule has 66 heavy (non-hydrogen) atoms. The molecule has 0 saturated heterocycles. The largest absolute Gasteiger partial charge is 0.227 e. The van der Waals surface area contributed by atoms with Crippen LogP contribution in [0, 0.1) is 145 Å². The summed E-state index contributed by atoms with van der Waals surface area (Å²) in [5, 5.41) is -10.2. The first-order valence-electron chi connectivity index (χ1n) is 17.7.